The maximum absolute atomic E-state index is 10.2. The molecule has 1 aromatic rings. The molecule has 138 valence electrons. The smallest absolute Gasteiger partial charge is 0.0993 e. The molecule has 1 aliphatic rings. The lowest BCUT2D eigenvalue weighted by Gasteiger charge is -2.22. The summed E-state index contributed by atoms with van der Waals surface area (Å²) in [5.41, 5.74) is 1.36. The Labute approximate surface area is 150 Å². The maximum Gasteiger partial charge on any atom is 0.0993 e. The van der Waals surface area contributed by atoms with Crippen molar-refractivity contribution in [3.8, 4) is 0 Å². The van der Waals surface area contributed by atoms with E-state index in [1.165, 1.54) is 5.56 Å². The van der Waals surface area contributed by atoms with Crippen LogP contribution in [0.1, 0.15) is 37.7 Å². The van der Waals surface area contributed by atoms with E-state index in [2.05, 4.69) is 29.6 Å². The molecule has 24 heavy (non-hydrogen) atoms. The summed E-state index contributed by atoms with van der Waals surface area (Å²) in [6.45, 7) is -0.249. The summed E-state index contributed by atoms with van der Waals surface area (Å²) in [4.78, 5) is 0. The van der Waals surface area contributed by atoms with Crippen molar-refractivity contribution in [1.82, 2.24) is 5.32 Å². The number of hydrogen-bond donors (Lipinski definition) is 5. The number of halogens is 1. The zero-order chi connectivity index (χ0) is 16.7. The summed E-state index contributed by atoms with van der Waals surface area (Å²) < 4.78 is 0. The fourth-order valence-electron chi connectivity index (χ4n) is 3.25. The van der Waals surface area contributed by atoms with Crippen LogP contribution in [0.15, 0.2) is 30.3 Å². The van der Waals surface area contributed by atoms with Gasteiger partial charge in [0.1, 0.15) is 0 Å². The lowest BCUT2D eigenvalue weighted by Crippen LogP contribution is -2.44. The Hall–Kier alpha value is -0.690. The van der Waals surface area contributed by atoms with Gasteiger partial charge in [0.25, 0.3) is 0 Å². The molecule has 0 spiro atoms. The zero-order valence-corrected chi connectivity index (χ0v) is 14.7. The van der Waals surface area contributed by atoms with E-state index in [1.807, 2.05) is 6.07 Å². The third kappa shape index (κ3) is 5.99. The van der Waals surface area contributed by atoms with E-state index in [-0.39, 0.29) is 19.0 Å². The Kier molecular flexibility index (Phi) is 9.81. The topological polar surface area (TPSA) is 93.0 Å². The maximum atomic E-state index is 10.2. The number of aryl methyl sites for hydroxylation is 1. The van der Waals surface area contributed by atoms with Crippen molar-refractivity contribution in [3.63, 3.8) is 0 Å². The fraction of sp³-hybridized carbons (Fsp3) is 0.667. The number of benzene rings is 1. The molecule has 0 radical (unpaired) electrons. The van der Waals surface area contributed by atoms with Crippen molar-refractivity contribution in [2.75, 3.05) is 6.61 Å². The highest BCUT2D eigenvalue weighted by Gasteiger charge is 2.43. The highest BCUT2D eigenvalue weighted by atomic mass is 35.5. The minimum atomic E-state index is -1.03. The zero-order valence-electron chi connectivity index (χ0n) is 13.9. The number of aliphatic hydroxyl groups excluding tert-OH is 4. The first-order valence-electron chi connectivity index (χ1n) is 8.58. The SMILES string of the molecule is Cl.OC[C@H]1N[C@H]([C@@H](O)CCCCCCc2ccccc2)[C@@H](O)[C@@H]1O. The molecule has 2 rings (SSSR count). The molecular weight excluding hydrogens is 330 g/mol. The average molecular weight is 360 g/mol. The largest absolute Gasteiger partial charge is 0.395 e. The second-order valence-corrected chi connectivity index (χ2v) is 6.47. The molecule has 0 aliphatic carbocycles. The predicted octanol–water partition coefficient (Wildman–Crippen LogP) is 1.02. The quantitative estimate of drug-likeness (QED) is 0.424. The van der Waals surface area contributed by atoms with Crippen LogP contribution in [-0.4, -0.2) is 57.4 Å². The van der Waals surface area contributed by atoms with Crippen molar-refractivity contribution in [1.29, 1.82) is 0 Å². The minimum absolute atomic E-state index is 0. The normalized spacial score (nSPS) is 27.7. The predicted molar refractivity (Wildman–Crippen MR) is 96.3 cm³/mol. The number of rotatable bonds is 9. The summed E-state index contributed by atoms with van der Waals surface area (Å²) in [5, 5.41) is 41.8. The highest BCUT2D eigenvalue weighted by molar-refractivity contribution is 5.85. The fourth-order valence-corrected chi connectivity index (χ4v) is 3.25. The van der Waals surface area contributed by atoms with Gasteiger partial charge in [0.05, 0.1) is 37.0 Å². The van der Waals surface area contributed by atoms with Gasteiger partial charge in [-0.1, -0.05) is 49.6 Å². The van der Waals surface area contributed by atoms with Gasteiger partial charge in [0.15, 0.2) is 0 Å². The average Bonchev–Trinajstić information content (AvgIpc) is 2.87. The molecule has 5 N–H and O–H groups in total. The van der Waals surface area contributed by atoms with Gasteiger partial charge in [-0.3, -0.25) is 0 Å². The highest BCUT2D eigenvalue weighted by Crippen LogP contribution is 2.20. The van der Waals surface area contributed by atoms with Gasteiger partial charge in [-0.2, -0.15) is 0 Å². The molecule has 1 heterocycles. The first-order valence-corrected chi connectivity index (χ1v) is 8.58. The Morgan fingerprint density at radius 2 is 1.62 bits per heavy atom. The second-order valence-electron chi connectivity index (χ2n) is 6.47. The molecule has 0 bridgehead atoms. The van der Waals surface area contributed by atoms with Crippen LogP contribution in [0.3, 0.4) is 0 Å². The Morgan fingerprint density at radius 1 is 0.958 bits per heavy atom. The third-order valence-electron chi connectivity index (χ3n) is 4.71. The standard InChI is InChI=1S/C18H29NO4.ClH/c20-12-14-17(22)18(23)16(19-14)15(21)11-7-2-1-4-8-13-9-5-3-6-10-13;/h3,5-6,9-10,14-23H,1-2,4,7-8,11-12H2;1H/t14-,15+,16-,17-,18-;/m1./s1. The van der Waals surface area contributed by atoms with Gasteiger partial charge in [-0.15, -0.1) is 12.4 Å². The van der Waals surface area contributed by atoms with Crippen LogP contribution in [0, 0.1) is 0 Å². The van der Waals surface area contributed by atoms with Gasteiger partial charge >= 0.3 is 0 Å². The number of hydrogen-bond acceptors (Lipinski definition) is 5. The van der Waals surface area contributed by atoms with E-state index in [9.17, 15) is 15.3 Å². The number of nitrogens with one attached hydrogen (secondary N) is 1. The Bertz CT molecular complexity index is 448. The third-order valence-corrected chi connectivity index (χ3v) is 4.71. The monoisotopic (exact) mass is 359 g/mol. The van der Waals surface area contributed by atoms with E-state index < -0.39 is 30.4 Å². The van der Waals surface area contributed by atoms with E-state index in [1.54, 1.807) is 0 Å². The lowest BCUT2D eigenvalue weighted by molar-refractivity contribution is -0.00443. The Balaban J connectivity index is 0.00000288. The molecule has 6 heteroatoms. The van der Waals surface area contributed by atoms with E-state index in [0.717, 1.165) is 32.1 Å². The van der Waals surface area contributed by atoms with Crippen LogP contribution in [0.2, 0.25) is 0 Å². The summed E-state index contributed by atoms with van der Waals surface area (Å²) in [5.74, 6) is 0. The van der Waals surface area contributed by atoms with Crippen molar-refractivity contribution in [2.45, 2.75) is 68.9 Å². The molecule has 1 saturated heterocycles. The molecule has 1 fully saturated rings. The van der Waals surface area contributed by atoms with Crippen LogP contribution in [0.25, 0.3) is 0 Å². The van der Waals surface area contributed by atoms with Crippen molar-refractivity contribution in [2.24, 2.45) is 0 Å². The van der Waals surface area contributed by atoms with Crippen LogP contribution in [-0.2, 0) is 6.42 Å². The number of aliphatic hydroxyl groups is 4. The van der Waals surface area contributed by atoms with Crippen molar-refractivity contribution in [3.05, 3.63) is 35.9 Å². The van der Waals surface area contributed by atoms with Crippen molar-refractivity contribution >= 4 is 12.4 Å². The molecule has 0 amide bonds. The lowest BCUT2D eigenvalue weighted by atomic mass is 9.98. The van der Waals surface area contributed by atoms with Crippen LogP contribution >= 0.6 is 12.4 Å². The molecule has 5 nitrogen and oxygen atoms in total. The molecule has 1 aliphatic heterocycles. The van der Waals surface area contributed by atoms with Gasteiger partial charge in [-0.05, 0) is 24.8 Å². The molecule has 0 aromatic heterocycles. The van der Waals surface area contributed by atoms with E-state index >= 15 is 0 Å². The summed E-state index contributed by atoms with van der Waals surface area (Å²) in [6, 6.07) is 9.29. The van der Waals surface area contributed by atoms with Crippen molar-refractivity contribution < 1.29 is 20.4 Å². The molecule has 0 saturated carbocycles. The van der Waals surface area contributed by atoms with Crippen LogP contribution in [0.4, 0.5) is 0 Å². The summed E-state index contributed by atoms with van der Waals surface area (Å²) in [7, 11) is 0. The summed E-state index contributed by atoms with van der Waals surface area (Å²) in [6.07, 6.45) is 3.09. The first kappa shape index (κ1) is 21.4. The van der Waals surface area contributed by atoms with Gasteiger partial charge in [0.2, 0.25) is 0 Å². The second kappa shape index (κ2) is 11.0. The number of unbranched alkanes of at least 4 members (excludes halogenated alkanes) is 3. The van der Waals surface area contributed by atoms with E-state index in [0.29, 0.717) is 6.42 Å². The summed E-state index contributed by atoms with van der Waals surface area (Å²) >= 11 is 0. The van der Waals surface area contributed by atoms with Crippen LogP contribution < -0.4 is 5.32 Å². The van der Waals surface area contributed by atoms with Gasteiger partial charge in [-0.25, -0.2) is 0 Å². The van der Waals surface area contributed by atoms with E-state index in [4.69, 9.17) is 5.11 Å². The molecule has 0 unspecified atom stereocenters. The Morgan fingerprint density at radius 3 is 2.25 bits per heavy atom. The van der Waals surface area contributed by atoms with Crippen LogP contribution in [0.5, 0.6) is 0 Å². The van der Waals surface area contributed by atoms with Gasteiger partial charge < -0.3 is 25.7 Å². The molecular formula is C18H30ClNO4. The molecule has 5 atom stereocenters. The van der Waals surface area contributed by atoms with Gasteiger partial charge in [0, 0.05) is 0 Å². The minimum Gasteiger partial charge on any atom is -0.395 e. The molecule has 1 aromatic carbocycles. The first-order chi connectivity index (χ1) is 11.1.